The van der Waals surface area contributed by atoms with Gasteiger partial charge in [0.15, 0.2) is 0 Å². The van der Waals surface area contributed by atoms with E-state index in [1.165, 1.54) is 12.0 Å². The van der Waals surface area contributed by atoms with E-state index in [4.69, 9.17) is 0 Å². The summed E-state index contributed by atoms with van der Waals surface area (Å²) in [6.45, 7) is 15.4. The maximum absolute atomic E-state index is 4.57. The maximum atomic E-state index is 4.57. The summed E-state index contributed by atoms with van der Waals surface area (Å²) in [5.74, 6) is 2.41. The van der Waals surface area contributed by atoms with E-state index in [0.717, 1.165) is 32.0 Å². The average molecular weight is 277 g/mol. The van der Waals surface area contributed by atoms with Gasteiger partial charge in [-0.2, -0.15) is 0 Å². The third-order valence-electron chi connectivity index (χ3n) is 3.06. The van der Waals surface area contributed by atoms with Crippen molar-refractivity contribution in [2.24, 2.45) is 11.8 Å². The molecule has 0 bridgehead atoms. The molecule has 0 saturated heterocycles. The molecule has 0 aliphatic rings. The van der Waals surface area contributed by atoms with Crippen LogP contribution in [0.25, 0.3) is 0 Å². The highest BCUT2D eigenvalue weighted by Gasteiger charge is 2.12. The summed E-state index contributed by atoms with van der Waals surface area (Å²) in [5, 5.41) is 3.45. The number of hydrogen-bond donors (Lipinski definition) is 1. The van der Waals surface area contributed by atoms with Crippen molar-refractivity contribution in [2.75, 3.05) is 24.5 Å². The van der Waals surface area contributed by atoms with Gasteiger partial charge in [-0.25, -0.2) is 4.98 Å². The molecule has 0 amide bonds. The van der Waals surface area contributed by atoms with Crippen LogP contribution in [0, 0.1) is 11.8 Å². The molecule has 0 aliphatic carbocycles. The fourth-order valence-electron chi connectivity index (χ4n) is 2.30. The second-order valence-corrected chi connectivity index (χ2v) is 6.39. The van der Waals surface area contributed by atoms with Gasteiger partial charge in [-0.15, -0.1) is 0 Å². The molecule has 0 unspecified atom stereocenters. The zero-order chi connectivity index (χ0) is 15.0. The lowest BCUT2D eigenvalue weighted by atomic mass is 10.1. The van der Waals surface area contributed by atoms with Crippen LogP contribution in [-0.4, -0.2) is 24.6 Å². The van der Waals surface area contributed by atoms with E-state index in [2.05, 4.69) is 62.0 Å². The molecule has 1 rings (SSSR count). The molecule has 1 aromatic heterocycles. The molecule has 0 fully saturated rings. The minimum Gasteiger partial charge on any atom is -0.356 e. The Hall–Kier alpha value is -1.09. The molecule has 114 valence electrons. The van der Waals surface area contributed by atoms with Gasteiger partial charge in [0, 0.05) is 25.8 Å². The summed E-state index contributed by atoms with van der Waals surface area (Å²) in [5.41, 5.74) is 1.32. The minimum absolute atomic E-state index is 0.650. The maximum Gasteiger partial charge on any atom is 0.128 e. The largest absolute Gasteiger partial charge is 0.356 e. The van der Waals surface area contributed by atoms with Crippen molar-refractivity contribution in [3.05, 3.63) is 23.9 Å². The monoisotopic (exact) mass is 277 g/mol. The van der Waals surface area contributed by atoms with Crippen molar-refractivity contribution >= 4 is 5.82 Å². The van der Waals surface area contributed by atoms with Crippen LogP contribution in [0.4, 0.5) is 5.82 Å². The fraction of sp³-hybridized carbons (Fsp3) is 0.706. The van der Waals surface area contributed by atoms with Crippen LogP contribution in [0.15, 0.2) is 18.3 Å². The Balaban J connectivity index is 2.76. The smallest absolute Gasteiger partial charge is 0.128 e. The first-order chi connectivity index (χ1) is 9.52. The van der Waals surface area contributed by atoms with Crippen molar-refractivity contribution < 1.29 is 0 Å². The summed E-state index contributed by atoms with van der Waals surface area (Å²) in [4.78, 5) is 6.99. The van der Waals surface area contributed by atoms with Gasteiger partial charge < -0.3 is 10.2 Å². The molecule has 20 heavy (non-hydrogen) atoms. The van der Waals surface area contributed by atoms with Crippen molar-refractivity contribution in [3.8, 4) is 0 Å². The van der Waals surface area contributed by atoms with Crippen LogP contribution in [-0.2, 0) is 6.54 Å². The average Bonchev–Trinajstić information content (AvgIpc) is 2.37. The number of aromatic nitrogens is 1. The van der Waals surface area contributed by atoms with E-state index >= 15 is 0 Å². The number of rotatable bonds is 9. The SMILES string of the molecule is CCCNCc1ccnc(N(CC(C)C)CC(C)C)c1. The van der Waals surface area contributed by atoms with Crippen molar-refractivity contribution in [3.63, 3.8) is 0 Å². The molecule has 0 spiro atoms. The zero-order valence-corrected chi connectivity index (χ0v) is 13.8. The van der Waals surface area contributed by atoms with Crippen LogP contribution in [0.3, 0.4) is 0 Å². The van der Waals surface area contributed by atoms with E-state index < -0.39 is 0 Å². The molecule has 3 nitrogen and oxygen atoms in total. The first-order valence-electron chi connectivity index (χ1n) is 7.93. The highest BCUT2D eigenvalue weighted by atomic mass is 15.2. The first kappa shape index (κ1) is 17.0. The molecule has 1 aromatic rings. The van der Waals surface area contributed by atoms with E-state index in [1.54, 1.807) is 0 Å². The van der Waals surface area contributed by atoms with E-state index in [1.807, 2.05) is 6.20 Å². The molecule has 0 saturated carbocycles. The summed E-state index contributed by atoms with van der Waals surface area (Å²) in [6, 6.07) is 4.34. The molecular weight excluding hydrogens is 246 g/mol. The Morgan fingerprint density at radius 1 is 1.15 bits per heavy atom. The predicted octanol–water partition coefficient (Wildman–Crippen LogP) is 3.70. The number of nitrogens with one attached hydrogen (secondary N) is 1. The van der Waals surface area contributed by atoms with Crippen molar-refractivity contribution in [1.82, 2.24) is 10.3 Å². The summed E-state index contributed by atoms with van der Waals surface area (Å²) < 4.78 is 0. The fourth-order valence-corrected chi connectivity index (χ4v) is 2.30. The Morgan fingerprint density at radius 2 is 1.80 bits per heavy atom. The third-order valence-corrected chi connectivity index (χ3v) is 3.06. The van der Waals surface area contributed by atoms with Crippen LogP contribution in [0.1, 0.15) is 46.6 Å². The van der Waals surface area contributed by atoms with Gasteiger partial charge in [-0.3, -0.25) is 0 Å². The summed E-state index contributed by atoms with van der Waals surface area (Å²) >= 11 is 0. The first-order valence-corrected chi connectivity index (χ1v) is 7.93. The molecule has 3 heteroatoms. The van der Waals surface area contributed by atoms with Gasteiger partial charge in [-0.05, 0) is 42.5 Å². The molecule has 0 aliphatic heterocycles. The van der Waals surface area contributed by atoms with Crippen molar-refractivity contribution in [2.45, 2.75) is 47.6 Å². The molecule has 0 aromatic carbocycles. The molecule has 1 N–H and O–H groups in total. The number of anilines is 1. The quantitative estimate of drug-likeness (QED) is 0.698. The summed E-state index contributed by atoms with van der Waals surface area (Å²) in [6.07, 6.45) is 3.11. The topological polar surface area (TPSA) is 28.2 Å². The van der Waals surface area contributed by atoms with Gasteiger partial charge in [0.2, 0.25) is 0 Å². The van der Waals surface area contributed by atoms with Crippen molar-refractivity contribution in [1.29, 1.82) is 0 Å². The molecule has 0 atom stereocenters. The Bertz CT molecular complexity index is 364. The molecule has 1 heterocycles. The van der Waals surface area contributed by atoms with E-state index in [0.29, 0.717) is 11.8 Å². The van der Waals surface area contributed by atoms with Gasteiger partial charge in [0.1, 0.15) is 5.82 Å². The predicted molar refractivity (Wildman–Crippen MR) is 88.1 cm³/mol. The van der Waals surface area contributed by atoms with Gasteiger partial charge in [-0.1, -0.05) is 34.6 Å². The standard InChI is InChI=1S/C17H31N3/c1-6-8-18-11-16-7-9-19-17(10-16)20(12-14(2)3)13-15(4)5/h7,9-10,14-15,18H,6,8,11-13H2,1-5H3. The van der Waals surface area contributed by atoms with Crippen LogP contribution in [0.5, 0.6) is 0 Å². The zero-order valence-electron chi connectivity index (χ0n) is 13.8. The second-order valence-electron chi connectivity index (χ2n) is 6.39. The van der Waals surface area contributed by atoms with E-state index in [-0.39, 0.29) is 0 Å². The van der Waals surface area contributed by atoms with Gasteiger partial charge in [0.25, 0.3) is 0 Å². The molecule has 0 radical (unpaired) electrons. The summed E-state index contributed by atoms with van der Waals surface area (Å²) in [7, 11) is 0. The number of nitrogens with zero attached hydrogens (tertiary/aromatic N) is 2. The van der Waals surface area contributed by atoms with Gasteiger partial charge in [0.05, 0.1) is 0 Å². The Morgan fingerprint density at radius 3 is 2.35 bits per heavy atom. The normalized spacial score (nSPS) is 11.3. The Labute approximate surface area is 124 Å². The lowest BCUT2D eigenvalue weighted by molar-refractivity contribution is 0.548. The number of pyridine rings is 1. The number of hydrogen-bond acceptors (Lipinski definition) is 3. The van der Waals surface area contributed by atoms with Gasteiger partial charge >= 0.3 is 0 Å². The van der Waals surface area contributed by atoms with Crippen LogP contribution in [0.2, 0.25) is 0 Å². The highest BCUT2D eigenvalue weighted by Crippen LogP contribution is 2.16. The molecular formula is C17H31N3. The highest BCUT2D eigenvalue weighted by molar-refractivity contribution is 5.41. The Kier molecular flexibility index (Phi) is 7.60. The lowest BCUT2D eigenvalue weighted by Crippen LogP contribution is -2.32. The third kappa shape index (κ3) is 6.38. The van der Waals surface area contributed by atoms with E-state index in [9.17, 15) is 0 Å². The van der Waals surface area contributed by atoms with Crippen LogP contribution < -0.4 is 10.2 Å². The lowest BCUT2D eigenvalue weighted by Gasteiger charge is -2.27. The second kappa shape index (κ2) is 8.96. The van der Waals surface area contributed by atoms with Crippen LogP contribution >= 0.6 is 0 Å². The minimum atomic E-state index is 0.650.